The minimum atomic E-state index is 0.0689. The molecule has 3 aromatic rings. The van der Waals surface area contributed by atoms with E-state index in [4.69, 9.17) is 4.74 Å². The number of piperazine rings is 1. The smallest absolute Gasteiger partial charge is 0.254 e. The number of anilines is 1. The summed E-state index contributed by atoms with van der Waals surface area (Å²) < 4.78 is 6.05. The van der Waals surface area contributed by atoms with Crippen molar-refractivity contribution in [3.63, 3.8) is 0 Å². The molecular formula is C31H36N4O2. The second kappa shape index (κ2) is 10.6. The Morgan fingerprint density at radius 3 is 2.41 bits per heavy atom. The zero-order chi connectivity index (χ0) is 25.2. The van der Waals surface area contributed by atoms with Gasteiger partial charge in [-0.25, -0.2) is 0 Å². The average molecular weight is 497 g/mol. The van der Waals surface area contributed by atoms with E-state index in [1.165, 1.54) is 22.4 Å². The third kappa shape index (κ3) is 5.36. The van der Waals surface area contributed by atoms with Crippen LogP contribution in [0.5, 0.6) is 5.75 Å². The molecule has 0 N–H and O–H groups in total. The van der Waals surface area contributed by atoms with Crippen LogP contribution in [0.1, 0.15) is 32.6 Å². The Hall–Kier alpha value is -3.35. The highest BCUT2D eigenvalue weighted by molar-refractivity contribution is 5.94. The fraction of sp³-hybridized carbons (Fsp3) is 0.387. The van der Waals surface area contributed by atoms with Crippen LogP contribution in [0.15, 0.2) is 66.7 Å². The lowest BCUT2D eigenvalue weighted by Crippen LogP contribution is -2.44. The molecule has 0 radical (unpaired) electrons. The van der Waals surface area contributed by atoms with Crippen molar-refractivity contribution >= 4 is 11.6 Å². The first-order chi connectivity index (χ1) is 18.1. The van der Waals surface area contributed by atoms with Gasteiger partial charge in [-0.1, -0.05) is 30.3 Å². The molecule has 0 saturated carbocycles. The van der Waals surface area contributed by atoms with Gasteiger partial charge in [0.25, 0.3) is 5.91 Å². The highest BCUT2D eigenvalue weighted by Crippen LogP contribution is 2.28. The number of carbonyl (C=O) groups is 1. The first-order valence-corrected chi connectivity index (χ1v) is 13.5. The Kier molecular flexibility index (Phi) is 6.85. The Morgan fingerprint density at radius 1 is 0.811 bits per heavy atom. The summed E-state index contributed by atoms with van der Waals surface area (Å²) in [4.78, 5) is 22.6. The van der Waals surface area contributed by atoms with Gasteiger partial charge in [0.15, 0.2) is 0 Å². The number of benzene rings is 3. The molecule has 3 aliphatic rings. The van der Waals surface area contributed by atoms with E-state index in [1.54, 1.807) is 0 Å². The summed E-state index contributed by atoms with van der Waals surface area (Å²) in [6, 6.07) is 23.4. The minimum absolute atomic E-state index is 0.0689. The van der Waals surface area contributed by atoms with E-state index in [1.807, 2.05) is 17.0 Å². The van der Waals surface area contributed by atoms with Gasteiger partial charge in [-0.2, -0.15) is 0 Å². The molecular weight excluding hydrogens is 460 g/mol. The summed E-state index contributed by atoms with van der Waals surface area (Å²) in [5, 5.41) is 0. The van der Waals surface area contributed by atoms with Gasteiger partial charge in [0.2, 0.25) is 0 Å². The van der Waals surface area contributed by atoms with Crippen molar-refractivity contribution in [3.05, 3.63) is 94.5 Å². The van der Waals surface area contributed by atoms with Crippen LogP contribution in [0, 0.1) is 0 Å². The van der Waals surface area contributed by atoms with E-state index in [0.717, 1.165) is 69.1 Å². The molecule has 1 saturated heterocycles. The fourth-order valence-electron chi connectivity index (χ4n) is 5.73. The fourth-order valence-corrected chi connectivity index (χ4v) is 5.73. The summed E-state index contributed by atoms with van der Waals surface area (Å²) >= 11 is 0. The van der Waals surface area contributed by atoms with Crippen molar-refractivity contribution in [2.24, 2.45) is 0 Å². The van der Waals surface area contributed by atoms with Crippen molar-refractivity contribution < 1.29 is 9.53 Å². The topological polar surface area (TPSA) is 39.3 Å². The molecule has 192 valence electrons. The molecule has 0 aromatic heterocycles. The molecule has 6 heteroatoms. The second-order valence-corrected chi connectivity index (χ2v) is 10.6. The van der Waals surface area contributed by atoms with Crippen LogP contribution in [0.25, 0.3) is 0 Å². The first-order valence-electron chi connectivity index (χ1n) is 13.5. The number of rotatable bonds is 4. The Bertz CT molecular complexity index is 1250. The molecule has 0 spiro atoms. The SMILES string of the molecule is CN1CCN(c2ccc(C(=O)N3CCOc4ccc(CN5CCc6ccccc6C5)cc4C3)cc2)CC1. The standard InChI is InChI=1S/C31H36N4O2/c1-32-14-16-34(17-15-32)29-9-7-26(8-10-29)31(36)35-18-19-37-30-11-6-24(20-28(30)23-35)21-33-13-12-25-4-2-3-5-27(25)22-33/h2-11,20H,12-19,21-23H2,1H3. The maximum Gasteiger partial charge on any atom is 0.254 e. The van der Waals surface area contributed by atoms with E-state index in [-0.39, 0.29) is 5.91 Å². The molecule has 6 nitrogen and oxygen atoms in total. The van der Waals surface area contributed by atoms with E-state index in [2.05, 4.69) is 76.3 Å². The van der Waals surface area contributed by atoms with Gasteiger partial charge in [0.1, 0.15) is 12.4 Å². The van der Waals surface area contributed by atoms with E-state index < -0.39 is 0 Å². The molecule has 37 heavy (non-hydrogen) atoms. The number of ether oxygens (including phenoxy) is 1. The molecule has 0 unspecified atom stereocenters. The van der Waals surface area contributed by atoms with Crippen LogP contribution in [0.2, 0.25) is 0 Å². The quantitative estimate of drug-likeness (QED) is 0.545. The normalized spacial score (nSPS) is 18.5. The number of nitrogens with zero attached hydrogens (tertiary/aromatic N) is 4. The number of hydrogen-bond acceptors (Lipinski definition) is 5. The highest BCUT2D eigenvalue weighted by atomic mass is 16.5. The largest absolute Gasteiger partial charge is 0.491 e. The Morgan fingerprint density at radius 2 is 1.59 bits per heavy atom. The second-order valence-electron chi connectivity index (χ2n) is 10.6. The molecule has 3 heterocycles. The Labute approximate surface area is 220 Å². The Balaban J connectivity index is 1.13. The van der Waals surface area contributed by atoms with Crippen LogP contribution in [-0.2, 0) is 26.1 Å². The number of amides is 1. The first kappa shape index (κ1) is 24.0. The summed E-state index contributed by atoms with van der Waals surface area (Å²) in [7, 11) is 2.16. The van der Waals surface area contributed by atoms with Crippen LogP contribution in [0.4, 0.5) is 5.69 Å². The van der Waals surface area contributed by atoms with Crippen molar-refractivity contribution in [3.8, 4) is 5.75 Å². The highest BCUT2D eigenvalue weighted by Gasteiger charge is 2.23. The predicted octanol–water partition coefficient (Wildman–Crippen LogP) is 4.03. The van der Waals surface area contributed by atoms with E-state index in [0.29, 0.717) is 19.7 Å². The summed E-state index contributed by atoms with van der Waals surface area (Å²) in [5.41, 5.74) is 7.20. The third-order valence-electron chi connectivity index (χ3n) is 7.99. The number of fused-ring (bicyclic) bond motifs is 2. The number of hydrogen-bond donors (Lipinski definition) is 0. The van der Waals surface area contributed by atoms with Crippen LogP contribution < -0.4 is 9.64 Å². The summed E-state index contributed by atoms with van der Waals surface area (Å²) in [6.45, 7) is 8.83. The van der Waals surface area contributed by atoms with Crippen molar-refractivity contribution in [2.75, 3.05) is 57.8 Å². The van der Waals surface area contributed by atoms with Gasteiger partial charge >= 0.3 is 0 Å². The predicted molar refractivity (Wildman–Crippen MR) is 147 cm³/mol. The van der Waals surface area contributed by atoms with Gasteiger partial charge in [-0.05, 0) is 66.6 Å². The van der Waals surface area contributed by atoms with E-state index >= 15 is 0 Å². The average Bonchev–Trinajstić information content (AvgIpc) is 3.15. The van der Waals surface area contributed by atoms with E-state index in [9.17, 15) is 4.79 Å². The summed E-state index contributed by atoms with van der Waals surface area (Å²) in [6.07, 6.45) is 1.10. The van der Waals surface area contributed by atoms with Crippen LogP contribution in [-0.4, -0.2) is 73.5 Å². The van der Waals surface area contributed by atoms with Gasteiger partial charge in [0, 0.05) is 69.2 Å². The lowest BCUT2D eigenvalue weighted by Gasteiger charge is -2.34. The van der Waals surface area contributed by atoms with Crippen LogP contribution in [0.3, 0.4) is 0 Å². The maximum atomic E-state index is 13.5. The molecule has 1 amide bonds. The monoisotopic (exact) mass is 496 g/mol. The van der Waals surface area contributed by atoms with Gasteiger partial charge in [-0.15, -0.1) is 0 Å². The summed E-state index contributed by atoms with van der Waals surface area (Å²) in [5.74, 6) is 0.966. The molecule has 1 fully saturated rings. The third-order valence-corrected chi connectivity index (χ3v) is 7.99. The molecule has 3 aliphatic heterocycles. The molecule has 3 aromatic carbocycles. The minimum Gasteiger partial charge on any atom is -0.491 e. The molecule has 0 bridgehead atoms. The van der Waals surface area contributed by atoms with Gasteiger partial charge in [0.05, 0.1) is 6.54 Å². The maximum absolute atomic E-state index is 13.5. The molecule has 6 rings (SSSR count). The van der Waals surface area contributed by atoms with Crippen LogP contribution >= 0.6 is 0 Å². The zero-order valence-corrected chi connectivity index (χ0v) is 21.7. The van der Waals surface area contributed by atoms with Gasteiger partial charge < -0.3 is 19.4 Å². The molecule has 0 aliphatic carbocycles. The van der Waals surface area contributed by atoms with Gasteiger partial charge in [-0.3, -0.25) is 9.69 Å². The number of carbonyl (C=O) groups excluding carboxylic acids is 1. The zero-order valence-electron chi connectivity index (χ0n) is 21.7. The number of likely N-dealkylation sites (N-methyl/N-ethyl adjacent to an activating group) is 1. The van der Waals surface area contributed by atoms with Crippen molar-refractivity contribution in [2.45, 2.75) is 26.1 Å². The molecule has 0 atom stereocenters. The lowest BCUT2D eigenvalue weighted by atomic mass is 9.99. The lowest BCUT2D eigenvalue weighted by molar-refractivity contribution is 0.0733. The van der Waals surface area contributed by atoms with Crippen molar-refractivity contribution in [1.82, 2.24) is 14.7 Å². The van der Waals surface area contributed by atoms with Crippen molar-refractivity contribution in [1.29, 1.82) is 0 Å².